The molecule has 0 atom stereocenters. The largest absolute Gasteiger partial charge is 0.480 e. The average molecular weight is 290 g/mol. The van der Waals surface area contributed by atoms with Crippen molar-refractivity contribution in [3.8, 4) is 0 Å². The molecule has 4 nitrogen and oxygen atoms in total. The maximum atomic E-state index is 11.2. The van der Waals surface area contributed by atoms with Crippen LogP contribution < -0.4 is 4.90 Å². The molecule has 1 saturated heterocycles. The van der Waals surface area contributed by atoms with Crippen molar-refractivity contribution < 1.29 is 9.90 Å². The SMILES string of the molecule is Cc1ccc(N(CC(=O)O)C2CCN(C(C)C)CC2)cc1. The first kappa shape index (κ1) is 15.8. The van der Waals surface area contributed by atoms with Gasteiger partial charge in [0.25, 0.3) is 0 Å². The fourth-order valence-electron chi connectivity index (χ4n) is 3.03. The third-order valence-corrected chi connectivity index (χ3v) is 4.34. The van der Waals surface area contributed by atoms with Crippen molar-refractivity contribution in [2.24, 2.45) is 0 Å². The molecule has 1 aromatic rings. The van der Waals surface area contributed by atoms with Crippen LogP contribution in [0.5, 0.6) is 0 Å². The van der Waals surface area contributed by atoms with Crippen LogP contribution in [0.25, 0.3) is 0 Å². The fourth-order valence-corrected chi connectivity index (χ4v) is 3.03. The molecule has 4 heteroatoms. The number of anilines is 1. The molecule has 21 heavy (non-hydrogen) atoms. The van der Waals surface area contributed by atoms with E-state index in [2.05, 4.69) is 23.6 Å². The van der Waals surface area contributed by atoms with Gasteiger partial charge in [-0.15, -0.1) is 0 Å². The Morgan fingerprint density at radius 2 is 1.86 bits per heavy atom. The molecule has 0 spiro atoms. The zero-order valence-electron chi connectivity index (χ0n) is 13.2. The normalized spacial score (nSPS) is 17.1. The summed E-state index contributed by atoms with van der Waals surface area (Å²) in [5, 5.41) is 9.22. The molecular formula is C17H26N2O2. The molecular weight excluding hydrogens is 264 g/mol. The summed E-state index contributed by atoms with van der Waals surface area (Å²) in [6.07, 6.45) is 2.05. The van der Waals surface area contributed by atoms with Gasteiger partial charge in [-0.3, -0.25) is 4.79 Å². The topological polar surface area (TPSA) is 43.8 Å². The summed E-state index contributed by atoms with van der Waals surface area (Å²) < 4.78 is 0. The number of piperidine rings is 1. The Morgan fingerprint density at radius 3 is 2.33 bits per heavy atom. The second kappa shape index (κ2) is 6.94. The van der Waals surface area contributed by atoms with E-state index in [1.54, 1.807) is 0 Å². The first-order chi connectivity index (χ1) is 9.97. The van der Waals surface area contributed by atoms with Crippen LogP contribution in [0.3, 0.4) is 0 Å². The zero-order chi connectivity index (χ0) is 15.4. The van der Waals surface area contributed by atoms with Crippen molar-refractivity contribution in [1.82, 2.24) is 4.90 Å². The van der Waals surface area contributed by atoms with Gasteiger partial charge in [-0.05, 0) is 45.7 Å². The van der Waals surface area contributed by atoms with Gasteiger partial charge in [-0.25, -0.2) is 0 Å². The van der Waals surface area contributed by atoms with Gasteiger partial charge in [0.1, 0.15) is 6.54 Å². The molecule has 0 aromatic heterocycles. The minimum absolute atomic E-state index is 0.0788. The predicted molar refractivity (Wildman–Crippen MR) is 85.9 cm³/mol. The van der Waals surface area contributed by atoms with Gasteiger partial charge in [0, 0.05) is 30.9 Å². The number of carboxylic acids is 1. The number of likely N-dealkylation sites (tertiary alicyclic amines) is 1. The monoisotopic (exact) mass is 290 g/mol. The number of aliphatic carboxylic acids is 1. The van der Waals surface area contributed by atoms with Crippen molar-refractivity contribution in [3.05, 3.63) is 29.8 Å². The molecule has 2 rings (SSSR count). The van der Waals surface area contributed by atoms with Crippen molar-refractivity contribution in [2.45, 2.75) is 45.7 Å². The van der Waals surface area contributed by atoms with Gasteiger partial charge >= 0.3 is 5.97 Å². The molecule has 0 saturated carbocycles. The minimum atomic E-state index is -0.762. The van der Waals surface area contributed by atoms with E-state index in [0.717, 1.165) is 31.6 Å². The van der Waals surface area contributed by atoms with Crippen molar-refractivity contribution in [3.63, 3.8) is 0 Å². The van der Waals surface area contributed by atoms with Crippen molar-refractivity contribution >= 4 is 11.7 Å². The summed E-state index contributed by atoms with van der Waals surface area (Å²) in [6, 6.07) is 9.05. The van der Waals surface area contributed by atoms with E-state index in [1.165, 1.54) is 5.56 Å². The zero-order valence-corrected chi connectivity index (χ0v) is 13.2. The van der Waals surface area contributed by atoms with E-state index in [9.17, 15) is 9.90 Å². The number of benzene rings is 1. The maximum Gasteiger partial charge on any atom is 0.323 e. The van der Waals surface area contributed by atoms with Crippen LogP contribution in [0.4, 0.5) is 5.69 Å². The number of carbonyl (C=O) groups is 1. The van der Waals surface area contributed by atoms with Crippen molar-refractivity contribution in [2.75, 3.05) is 24.5 Å². The summed E-state index contributed by atoms with van der Waals surface area (Å²) in [7, 11) is 0. The minimum Gasteiger partial charge on any atom is -0.480 e. The number of nitrogens with zero attached hydrogens (tertiary/aromatic N) is 2. The highest BCUT2D eigenvalue weighted by Gasteiger charge is 2.27. The molecule has 1 aromatic carbocycles. The molecule has 1 fully saturated rings. The van der Waals surface area contributed by atoms with Gasteiger partial charge < -0.3 is 14.9 Å². The number of rotatable bonds is 5. The first-order valence-corrected chi connectivity index (χ1v) is 7.76. The van der Waals surface area contributed by atoms with Crippen LogP contribution in [0.1, 0.15) is 32.3 Å². The van der Waals surface area contributed by atoms with E-state index in [1.807, 2.05) is 31.2 Å². The van der Waals surface area contributed by atoms with Crippen molar-refractivity contribution in [1.29, 1.82) is 0 Å². The van der Waals surface area contributed by atoms with Gasteiger partial charge in [-0.1, -0.05) is 17.7 Å². The Hall–Kier alpha value is -1.55. The molecule has 0 amide bonds. The van der Waals surface area contributed by atoms with E-state index in [4.69, 9.17) is 0 Å². The summed E-state index contributed by atoms with van der Waals surface area (Å²) in [6.45, 7) is 8.65. The Balaban J connectivity index is 2.10. The highest BCUT2D eigenvalue weighted by atomic mass is 16.4. The van der Waals surface area contributed by atoms with Crippen LogP contribution in [-0.4, -0.2) is 47.7 Å². The molecule has 0 unspecified atom stereocenters. The molecule has 1 aliphatic heterocycles. The average Bonchev–Trinajstić information content (AvgIpc) is 2.46. The lowest BCUT2D eigenvalue weighted by Gasteiger charge is -2.40. The highest BCUT2D eigenvalue weighted by Crippen LogP contribution is 2.24. The summed E-state index contributed by atoms with van der Waals surface area (Å²) >= 11 is 0. The number of hydrogen-bond acceptors (Lipinski definition) is 3. The summed E-state index contributed by atoms with van der Waals surface area (Å²) in [5.41, 5.74) is 2.22. The van der Waals surface area contributed by atoms with Crippen LogP contribution in [-0.2, 0) is 4.79 Å². The predicted octanol–water partition coefficient (Wildman–Crippen LogP) is 2.76. The third-order valence-electron chi connectivity index (χ3n) is 4.34. The Labute approximate surface area is 127 Å². The Morgan fingerprint density at radius 1 is 1.29 bits per heavy atom. The van der Waals surface area contributed by atoms with Gasteiger partial charge in [0.05, 0.1) is 0 Å². The summed E-state index contributed by atoms with van der Waals surface area (Å²) in [5.74, 6) is -0.762. The third kappa shape index (κ3) is 4.21. The quantitative estimate of drug-likeness (QED) is 0.905. The van der Waals surface area contributed by atoms with Gasteiger partial charge in [0.2, 0.25) is 0 Å². The molecule has 1 N–H and O–H groups in total. The fraction of sp³-hybridized carbons (Fsp3) is 0.588. The maximum absolute atomic E-state index is 11.2. The second-order valence-corrected chi connectivity index (χ2v) is 6.22. The Bertz CT molecular complexity index is 462. The van der Waals surface area contributed by atoms with Gasteiger partial charge in [0.15, 0.2) is 0 Å². The lowest BCUT2D eigenvalue weighted by molar-refractivity contribution is -0.135. The van der Waals surface area contributed by atoms with Crippen LogP contribution in [0, 0.1) is 6.92 Å². The van der Waals surface area contributed by atoms with E-state index in [0.29, 0.717) is 12.1 Å². The first-order valence-electron chi connectivity index (χ1n) is 7.76. The Kier molecular flexibility index (Phi) is 5.23. The standard InChI is InChI=1S/C17H26N2O2/c1-13(2)18-10-8-16(9-11-18)19(12-17(20)21)15-6-4-14(3)5-7-15/h4-7,13,16H,8-12H2,1-3H3,(H,20,21). The lowest BCUT2D eigenvalue weighted by atomic mass is 10.0. The molecule has 0 radical (unpaired) electrons. The molecule has 0 aliphatic carbocycles. The van der Waals surface area contributed by atoms with E-state index >= 15 is 0 Å². The number of hydrogen-bond donors (Lipinski definition) is 1. The lowest BCUT2D eigenvalue weighted by Crippen LogP contribution is -2.48. The highest BCUT2D eigenvalue weighted by molar-refractivity contribution is 5.74. The van der Waals surface area contributed by atoms with Crippen LogP contribution >= 0.6 is 0 Å². The second-order valence-electron chi connectivity index (χ2n) is 6.22. The van der Waals surface area contributed by atoms with Gasteiger partial charge in [-0.2, -0.15) is 0 Å². The smallest absolute Gasteiger partial charge is 0.323 e. The van der Waals surface area contributed by atoms with E-state index < -0.39 is 5.97 Å². The molecule has 116 valence electrons. The molecule has 1 aliphatic rings. The number of aryl methyl sites for hydroxylation is 1. The van der Waals surface area contributed by atoms with E-state index in [-0.39, 0.29) is 6.54 Å². The summed E-state index contributed by atoms with van der Waals surface area (Å²) in [4.78, 5) is 15.7. The molecule has 0 bridgehead atoms. The van der Waals surface area contributed by atoms with Crippen LogP contribution in [0.2, 0.25) is 0 Å². The number of carboxylic acid groups (broad SMARTS) is 1. The molecule has 1 heterocycles. The van der Waals surface area contributed by atoms with Crippen LogP contribution in [0.15, 0.2) is 24.3 Å².